The number of nitrogens with two attached hydrogens (primary N) is 1. The van der Waals surface area contributed by atoms with E-state index in [2.05, 4.69) is 0 Å². The van der Waals surface area contributed by atoms with E-state index in [9.17, 15) is 4.39 Å². The summed E-state index contributed by atoms with van der Waals surface area (Å²) in [5, 5.41) is 0. The summed E-state index contributed by atoms with van der Waals surface area (Å²) in [6.07, 6.45) is 5.64. The van der Waals surface area contributed by atoms with Crippen LogP contribution in [-0.2, 0) is 5.54 Å². The van der Waals surface area contributed by atoms with Gasteiger partial charge in [-0.1, -0.05) is 12.8 Å². The van der Waals surface area contributed by atoms with Crippen LogP contribution in [-0.4, -0.2) is 20.5 Å². The first-order valence-electron chi connectivity index (χ1n) is 6.35. The third kappa shape index (κ3) is 2.41. The molecule has 0 aliphatic heterocycles. The van der Waals surface area contributed by atoms with Crippen molar-refractivity contribution in [1.82, 2.24) is 0 Å². The molecule has 0 unspecified atom stereocenters. The van der Waals surface area contributed by atoms with Crippen molar-refractivity contribution < 1.29 is 13.9 Å². The lowest BCUT2D eigenvalue weighted by molar-refractivity contribution is 0.326. The van der Waals surface area contributed by atoms with Crippen LogP contribution in [0.25, 0.3) is 0 Å². The predicted octanol–water partition coefficient (Wildman–Crippen LogP) is 3.29. The fourth-order valence-electron chi connectivity index (χ4n) is 2.82. The summed E-state index contributed by atoms with van der Waals surface area (Å²) >= 11 is 1.31. The lowest BCUT2D eigenvalue weighted by atomic mass is 9.88. The van der Waals surface area contributed by atoms with Gasteiger partial charge in [-0.2, -0.15) is 0 Å². The molecule has 106 valence electrons. The number of hydrogen-bond acceptors (Lipinski definition) is 4. The average Bonchev–Trinajstić information content (AvgIpc) is 2.85. The van der Waals surface area contributed by atoms with E-state index in [1.54, 1.807) is 7.11 Å². The summed E-state index contributed by atoms with van der Waals surface area (Å²) < 4.78 is 25.0. The van der Waals surface area contributed by atoms with Crippen molar-refractivity contribution in [3.63, 3.8) is 0 Å². The standard InChI is InChI=1S/C14H20FNO2S/c1-17-11-9(14(16)6-4-5-7-14)8-10(15)13(19-3)12(11)18-2/h8H,4-7,16H2,1-3H3. The van der Waals surface area contributed by atoms with Gasteiger partial charge in [-0.05, 0) is 25.2 Å². The first kappa shape index (κ1) is 14.5. The fourth-order valence-corrected chi connectivity index (χ4v) is 3.43. The fraction of sp³-hybridized carbons (Fsp3) is 0.571. The Morgan fingerprint density at radius 3 is 2.26 bits per heavy atom. The summed E-state index contributed by atoms with van der Waals surface area (Å²) in [5.74, 6) is 0.719. The Balaban J connectivity index is 2.64. The van der Waals surface area contributed by atoms with Gasteiger partial charge in [-0.25, -0.2) is 4.39 Å². The van der Waals surface area contributed by atoms with Crippen LogP contribution in [0.5, 0.6) is 11.5 Å². The molecular weight excluding hydrogens is 265 g/mol. The monoisotopic (exact) mass is 285 g/mol. The minimum absolute atomic E-state index is 0.295. The van der Waals surface area contributed by atoms with E-state index >= 15 is 0 Å². The van der Waals surface area contributed by atoms with Crippen LogP contribution < -0.4 is 15.2 Å². The maximum atomic E-state index is 14.2. The minimum atomic E-state index is -0.504. The van der Waals surface area contributed by atoms with Crippen LogP contribution in [0, 0.1) is 5.82 Å². The van der Waals surface area contributed by atoms with Crippen molar-refractivity contribution in [2.75, 3.05) is 20.5 Å². The predicted molar refractivity (Wildman–Crippen MR) is 75.6 cm³/mol. The quantitative estimate of drug-likeness (QED) is 0.862. The molecule has 1 saturated carbocycles. The highest BCUT2D eigenvalue weighted by Gasteiger charge is 2.36. The second-order valence-corrected chi connectivity index (χ2v) is 5.69. The normalized spacial score (nSPS) is 17.5. The maximum Gasteiger partial charge on any atom is 0.177 e. The van der Waals surface area contributed by atoms with E-state index < -0.39 is 5.54 Å². The van der Waals surface area contributed by atoms with E-state index in [-0.39, 0.29) is 5.82 Å². The van der Waals surface area contributed by atoms with E-state index in [1.165, 1.54) is 24.9 Å². The van der Waals surface area contributed by atoms with Gasteiger partial charge in [0.05, 0.1) is 19.1 Å². The maximum absolute atomic E-state index is 14.2. The summed E-state index contributed by atoms with van der Waals surface area (Å²) in [4.78, 5) is 0.463. The Bertz CT molecular complexity index is 473. The van der Waals surface area contributed by atoms with Crippen LogP contribution in [0.1, 0.15) is 31.2 Å². The molecule has 0 amide bonds. The van der Waals surface area contributed by atoms with Gasteiger partial charge in [-0.15, -0.1) is 11.8 Å². The minimum Gasteiger partial charge on any atom is -0.492 e. The molecule has 0 bridgehead atoms. The number of halogens is 1. The zero-order valence-corrected chi connectivity index (χ0v) is 12.4. The SMILES string of the molecule is COc1c(C2(N)CCCC2)cc(F)c(SC)c1OC. The molecule has 1 aromatic carbocycles. The van der Waals surface area contributed by atoms with Gasteiger partial charge in [-0.3, -0.25) is 0 Å². The van der Waals surface area contributed by atoms with E-state index in [0.29, 0.717) is 16.4 Å². The van der Waals surface area contributed by atoms with E-state index in [4.69, 9.17) is 15.2 Å². The molecular formula is C14H20FNO2S. The zero-order valence-electron chi connectivity index (χ0n) is 11.6. The van der Waals surface area contributed by atoms with E-state index in [0.717, 1.165) is 31.2 Å². The molecule has 0 aromatic heterocycles. The Labute approximate surface area is 117 Å². The summed E-state index contributed by atoms with van der Waals surface area (Å²) in [7, 11) is 3.10. The Hall–Kier alpha value is -0.940. The summed E-state index contributed by atoms with van der Waals surface area (Å²) in [6.45, 7) is 0. The smallest absolute Gasteiger partial charge is 0.177 e. The lowest BCUT2D eigenvalue weighted by Gasteiger charge is -2.28. The zero-order chi connectivity index (χ0) is 14.0. The summed E-state index contributed by atoms with van der Waals surface area (Å²) in [6, 6.07) is 1.51. The number of hydrogen-bond donors (Lipinski definition) is 1. The van der Waals surface area contributed by atoms with Gasteiger partial charge in [0.25, 0.3) is 0 Å². The highest BCUT2D eigenvalue weighted by atomic mass is 32.2. The molecule has 0 atom stereocenters. The number of thioether (sulfide) groups is 1. The van der Waals surface area contributed by atoms with Crippen LogP contribution >= 0.6 is 11.8 Å². The molecule has 3 nitrogen and oxygen atoms in total. The molecule has 1 aromatic rings. The molecule has 19 heavy (non-hydrogen) atoms. The highest BCUT2D eigenvalue weighted by Crippen LogP contribution is 2.48. The molecule has 2 N–H and O–H groups in total. The van der Waals surface area contributed by atoms with Crippen molar-refractivity contribution in [3.8, 4) is 11.5 Å². The van der Waals surface area contributed by atoms with Crippen molar-refractivity contribution >= 4 is 11.8 Å². The molecule has 0 saturated heterocycles. The number of methoxy groups -OCH3 is 2. The van der Waals surface area contributed by atoms with Gasteiger partial charge < -0.3 is 15.2 Å². The van der Waals surface area contributed by atoms with Gasteiger partial charge in [0.2, 0.25) is 0 Å². The third-order valence-electron chi connectivity index (χ3n) is 3.79. The first-order chi connectivity index (χ1) is 9.07. The van der Waals surface area contributed by atoms with Crippen molar-refractivity contribution in [3.05, 3.63) is 17.4 Å². The Kier molecular flexibility index (Phi) is 4.26. The molecule has 0 spiro atoms. The second kappa shape index (κ2) is 5.59. The molecule has 1 fully saturated rings. The van der Waals surface area contributed by atoms with Crippen molar-refractivity contribution in [1.29, 1.82) is 0 Å². The van der Waals surface area contributed by atoms with Crippen molar-refractivity contribution in [2.24, 2.45) is 5.73 Å². The highest BCUT2D eigenvalue weighted by molar-refractivity contribution is 7.98. The number of ether oxygens (including phenoxy) is 2. The molecule has 1 aliphatic carbocycles. The van der Waals surface area contributed by atoms with Gasteiger partial charge in [0.1, 0.15) is 5.82 Å². The Morgan fingerprint density at radius 2 is 1.79 bits per heavy atom. The molecule has 0 radical (unpaired) electrons. The third-order valence-corrected chi connectivity index (χ3v) is 4.58. The Morgan fingerprint density at radius 1 is 1.21 bits per heavy atom. The van der Waals surface area contributed by atoms with E-state index in [1.807, 2.05) is 6.26 Å². The second-order valence-electron chi connectivity index (χ2n) is 4.87. The summed E-state index contributed by atoms with van der Waals surface area (Å²) in [5.41, 5.74) is 6.65. The number of rotatable bonds is 4. The van der Waals surface area contributed by atoms with Gasteiger partial charge >= 0.3 is 0 Å². The molecule has 2 rings (SSSR count). The first-order valence-corrected chi connectivity index (χ1v) is 7.57. The molecule has 0 heterocycles. The van der Waals surface area contributed by atoms with Gasteiger partial charge in [0.15, 0.2) is 11.5 Å². The van der Waals surface area contributed by atoms with Crippen LogP contribution in [0.15, 0.2) is 11.0 Å². The topological polar surface area (TPSA) is 44.5 Å². The lowest BCUT2D eigenvalue weighted by Crippen LogP contribution is -2.33. The van der Waals surface area contributed by atoms with Gasteiger partial charge in [0, 0.05) is 11.1 Å². The van der Waals surface area contributed by atoms with Crippen molar-refractivity contribution in [2.45, 2.75) is 36.1 Å². The van der Waals surface area contributed by atoms with Crippen LogP contribution in [0.2, 0.25) is 0 Å². The molecule has 5 heteroatoms. The number of benzene rings is 1. The van der Waals surface area contributed by atoms with Crippen LogP contribution in [0.3, 0.4) is 0 Å². The average molecular weight is 285 g/mol. The largest absolute Gasteiger partial charge is 0.492 e. The van der Waals surface area contributed by atoms with Crippen LogP contribution in [0.4, 0.5) is 4.39 Å². The molecule has 1 aliphatic rings.